The molecule has 0 aromatic heterocycles. The number of hydrogen-bond acceptors (Lipinski definition) is 1. The Morgan fingerprint density at radius 2 is 2.45 bits per heavy atom. The molecule has 0 aromatic rings. The van der Waals surface area contributed by atoms with E-state index >= 15 is 0 Å². The zero-order valence-corrected chi connectivity index (χ0v) is 6.97. The van der Waals surface area contributed by atoms with Gasteiger partial charge >= 0.3 is 0 Å². The lowest BCUT2D eigenvalue weighted by molar-refractivity contribution is 0.0963. The molecule has 11 heavy (non-hydrogen) atoms. The van der Waals surface area contributed by atoms with E-state index in [0.717, 1.165) is 26.1 Å². The van der Waals surface area contributed by atoms with Gasteiger partial charge in [-0.05, 0) is 19.8 Å². The Morgan fingerprint density at radius 1 is 1.55 bits per heavy atom. The zero-order chi connectivity index (χ0) is 7.68. The van der Waals surface area contributed by atoms with Gasteiger partial charge in [-0.1, -0.05) is 23.3 Å². The van der Waals surface area contributed by atoms with Crippen LogP contribution in [0.15, 0.2) is 23.3 Å². The number of ether oxygens (including phenoxy) is 1. The summed E-state index contributed by atoms with van der Waals surface area (Å²) in [5, 5.41) is 0. The lowest BCUT2D eigenvalue weighted by Gasteiger charge is -2.27. The van der Waals surface area contributed by atoms with Crippen molar-refractivity contribution in [3.05, 3.63) is 23.3 Å². The summed E-state index contributed by atoms with van der Waals surface area (Å²) in [5.41, 5.74) is 3.21. The summed E-state index contributed by atoms with van der Waals surface area (Å²) in [6.45, 7) is 4.08. The van der Waals surface area contributed by atoms with Crippen LogP contribution in [-0.2, 0) is 4.74 Å². The Morgan fingerprint density at radius 3 is 3.27 bits per heavy atom. The van der Waals surface area contributed by atoms with E-state index in [1.807, 2.05) is 0 Å². The summed E-state index contributed by atoms with van der Waals surface area (Å²) < 4.78 is 5.40. The van der Waals surface area contributed by atoms with Gasteiger partial charge in [-0.2, -0.15) is 0 Å². The molecule has 1 heterocycles. The summed E-state index contributed by atoms with van der Waals surface area (Å²) in [7, 11) is 0. The molecule has 2 aliphatic rings. The summed E-state index contributed by atoms with van der Waals surface area (Å²) in [5.74, 6) is 0.609. The number of fused-ring (bicyclic) bond motifs is 1. The topological polar surface area (TPSA) is 9.23 Å². The van der Waals surface area contributed by atoms with Crippen LogP contribution in [0.4, 0.5) is 0 Å². The van der Waals surface area contributed by atoms with E-state index < -0.39 is 0 Å². The molecular weight excluding hydrogens is 136 g/mol. The first kappa shape index (κ1) is 7.11. The van der Waals surface area contributed by atoms with Crippen molar-refractivity contribution in [2.75, 3.05) is 13.2 Å². The van der Waals surface area contributed by atoms with Gasteiger partial charge < -0.3 is 4.74 Å². The summed E-state index contributed by atoms with van der Waals surface area (Å²) in [6, 6.07) is 0. The first-order chi connectivity index (χ1) is 5.38. The predicted molar refractivity (Wildman–Crippen MR) is 45.4 cm³/mol. The van der Waals surface area contributed by atoms with Crippen molar-refractivity contribution >= 4 is 0 Å². The highest BCUT2D eigenvalue weighted by atomic mass is 16.5. The Hall–Kier alpha value is -0.560. The monoisotopic (exact) mass is 150 g/mol. The van der Waals surface area contributed by atoms with Gasteiger partial charge in [-0.3, -0.25) is 0 Å². The van der Waals surface area contributed by atoms with Gasteiger partial charge in [0, 0.05) is 5.92 Å². The molecule has 2 rings (SSSR count). The Balaban J connectivity index is 2.23. The van der Waals surface area contributed by atoms with Gasteiger partial charge in [0.2, 0.25) is 0 Å². The average Bonchev–Trinajstić information content (AvgIpc) is 2.06. The summed E-state index contributed by atoms with van der Waals surface area (Å²) >= 11 is 0. The summed E-state index contributed by atoms with van der Waals surface area (Å²) in [6.07, 6.45) is 6.87. The van der Waals surface area contributed by atoms with E-state index in [2.05, 4.69) is 19.1 Å². The number of allylic oxidation sites excluding steroid dienone is 2. The fourth-order valence-corrected chi connectivity index (χ4v) is 1.92. The molecule has 0 N–H and O–H groups in total. The molecule has 1 aliphatic carbocycles. The third-order valence-corrected chi connectivity index (χ3v) is 2.60. The van der Waals surface area contributed by atoms with Crippen molar-refractivity contribution in [1.29, 1.82) is 0 Å². The molecule has 0 aromatic carbocycles. The van der Waals surface area contributed by atoms with Crippen molar-refractivity contribution < 1.29 is 4.74 Å². The van der Waals surface area contributed by atoms with E-state index in [1.165, 1.54) is 0 Å². The van der Waals surface area contributed by atoms with Crippen LogP contribution in [-0.4, -0.2) is 13.2 Å². The second-order valence-electron chi connectivity index (χ2n) is 3.37. The minimum atomic E-state index is 0.609. The predicted octanol–water partition coefficient (Wildman–Crippen LogP) is 2.30. The molecule has 1 unspecified atom stereocenters. The molecule has 60 valence electrons. The lowest BCUT2D eigenvalue weighted by Crippen LogP contribution is -2.21. The molecule has 0 saturated carbocycles. The van der Waals surface area contributed by atoms with Gasteiger partial charge in [-0.15, -0.1) is 0 Å². The maximum absolute atomic E-state index is 5.40. The van der Waals surface area contributed by atoms with Crippen LogP contribution >= 0.6 is 0 Å². The lowest BCUT2D eigenvalue weighted by atomic mass is 9.86. The molecule has 1 heteroatoms. The van der Waals surface area contributed by atoms with E-state index in [0.29, 0.717) is 5.92 Å². The van der Waals surface area contributed by atoms with Crippen molar-refractivity contribution in [2.45, 2.75) is 19.8 Å². The van der Waals surface area contributed by atoms with Crippen molar-refractivity contribution in [2.24, 2.45) is 5.92 Å². The van der Waals surface area contributed by atoms with Crippen LogP contribution in [0.3, 0.4) is 0 Å². The van der Waals surface area contributed by atoms with E-state index in [9.17, 15) is 0 Å². The third-order valence-electron chi connectivity index (χ3n) is 2.60. The van der Waals surface area contributed by atoms with Crippen LogP contribution in [0, 0.1) is 5.92 Å². The van der Waals surface area contributed by atoms with E-state index in [1.54, 1.807) is 11.1 Å². The second-order valence-corrected chi connectivity index (χ2v) is 3.37. The standard InChI is InChI=1S/C10H14O/c1-8-3-2-4-9-7-11-6-5-10(8)9/h2,4,9H,3,5-7H2,1H3. The second kappa shape index (κ2) is 2.82. The molecule has 1 aliphatic heterocycles. The first-order valence-corrected chi connectivity index (χ1v) is 4.31. The van der Waals surface area contributed by atoms with Crippen molar-refractivity contribution in [1.82, 2.24) is 0 Å². The molecule has 1 atom stereocenters. The maximum Gasteiger partial charge on any atom is 0.0566 e. The third kappa shape index (κ3) is 1.25. The van der Waals surface area contributed by atoms with Gasteiger partial charge in [0.05, 0.1) is 13.2 Å². The average molecular weight is 150 g/mol. The van der Waals surface area contributed by atoms with Gasteiger partial charge in [0.1, 0.15) is 0 Å². The van der Waals surface area contributed by atoms with Crippen LogP contribution in [0.5, 0.6) is 0 Å². The van der Waals surface area contributed by atoms with Gasteiger partial charge in [0.15, 0.2) is 0 Å². The van der Waals surface area contributed by atoms with Gasteiger partial charge in [-0.25, -0.2) is 0 Å². The van der Waals surface area contributed by atoms with E-state index in [-0.39, 0.29) is 0 Å². The molecular formula is C10H14O. The SMILES string of the molecule is CC1=C2CCOCC2C=CC1. The molecule has 0 radical (unpaired) electrons. The highest BCUT2D eigenvalue weighted by Crippen LogP contribution is 2.30. The maximum atomic E-state index is 5.40. The van der Waals surface area contributed by atoms with Crippen molar-refractivity contribution in [3.63, 3.8) is 0 Å². The Labute approximate surface area is 67.7 Å². The molecule has 0 bridgehead atoms. The minimum absolute atomic E-state index is 0.609. The molecule has 1 fully saturated rings. The highest BCUT2D eigenvalue weighted by Gasteiger charge is 2.20. The van der Waals surface area contributed by atoms with E-state index in [4.69, 9.17) is 4.74 Å². The largest absolute Gasteiger partial charge is 0.380 e. The normalized spacial score (nSPS) is 30.5. The first-order valence-electron chi connectivity index (χ1n) is 4.31. The van der Waals surface area contributed by atoms with Crippen molar-refractivity contribution in [3.8, 4) is 0 Å². The number of hydrogen-bond donors (Lipinski definition) is 0. The zero-order valence-electron chi connectivity index (χ0n) is 6.97. The minimum Gasteiger partial charge on any atom is -0.380 e. The quantitative estimate of drug-likeness (QED) is 0.481. The molecule has 1 saturated heterocycles. The molecule has 0 spiro atoms. The van der Waals surface area contributed by atoms with Crippen LogP contribution < -0.4 is 0 Å². The van der Waals surface area contributed by atoms with Crippen LogP contribution in [0.25, 0.3) is 0 Å². The Bertz CT molecular complexity index is 213. The smallest absolute Gasteiger partial charge is 0.0566 e. The highest BCUT2D eigenvalue weighted by molar-refractivity contribution is 5.27. The number of rotatable bonds is 0. The molecule has 0 amide bonds. The Kier molecular flexibility index (Phi) is 1.82. The molecule has 1 nitrogen and oxygen atoms in total. The van der Waals surface area contributed by atoms with Crippen LogP contribution in [0.2, 0.25) is 0 Å². The fourth-order valence-electron chi connectivity index (χ4n) is 1.92. The van der Waals surface area contributed by atoms with Gasteiger partial charge in [0.25, 0.3) is 0 Å². The van der Waals surface area contributed by atoms with Crippen LogP contribution in [0.1, 0.15) is 19.8 Å². The summed E-state index contributed by atoms with van der Waals surface area (Å²) in [4.78, 5) is 0. The fraction of sp³-hybridized carbons (Fsp3) is 0.600.